The number of halogens is 3. The molecule has 1 aromatic rings. The van der Waals surface area contributed by atoms with Gasteiger partial charge in [-0.1, -0.05) is 0 Å². The van der Waals surface area contributed by atoms with Gasteiger partial charge in [0.05, 0.1) is 5.56 Å². The van der Waals surface area contributed by atoms with Gasteiger partial charge in [0, 0.05) is 23.2 Å². The van der Waals surface area contributed by atoms with Crippen LogP contribution in [0.5, 0.6) is 0 Å². The van der Waals surface area contributed by atoms with Gasteiger partial charge in [-0.05, 0) is 36.8 Å². The summed E-state index contributed by atoms with van der Waals surface area (Å²) in [7, 11) is 0. The molecule has 1 aliphatic heterocycles. The quantitative estimate of drug-likeness (QED) is 0.828. The van der Waals surface area contributed by atoms with Crippen LogP contribution < -0.4 is 11.1 Å². The highest BCUT2D eigenvalue weighted by Gasteiger charge is 2.33. The number of alkyl halides is 3. The van der Waals surface area contributed by atoms with E-state index >= 15 is 0 Å². The maximum absolute atomic E-state index is 12.7. The third-order valence-corrected chi connectivity index (χ3v) is 4.31. The summed E-state index contributed by atoms with van der Waals surface area (Å²) in [6, 6.07) is 3.96. The molecule has 1 atom stereocenters. The molecule has 1 fully saturated rings. The van der Waals surface area contributed by atoms with E-state index in [0.717, 1.165) is 18.2 Å². The molecule has 0 bridgehead atoms. The average Bonchev–Trinajstić information content (AvgIpc) is 2.79. The van der Waals surface area contributed by atoms with Crippen molar-refractivity contribution in [1.82, 2.24) is 0 Å². The molecule has 3 N–H and O–H groups in total. The Morgan fingerprint density at radius 3 is 2.78 bits per heavy atom. The SMILES string of the molecule is Nc1ccc(NCC2CCCS2)cc1C(F)(F)F. The first-order chi connectivity index (χ1) is 8.47. The first-order valence-electron chi connectivity index (χ1n) is 5.79. The molecule has 0 aromatic heterocycles. The van der Waals surface area contributed by atoms with Crippen LogP contribution in [0.1, 0.15) is 18.4 Å². The highest BCUT2D eigenvalue weighted by atomic mass is 32.2. The molecule has 100 valence electrons. The molecule has 1 aliphatic rings. The van der Waals surface area contributed by atoms with Gasteiger partial charge in [-0.2, -0.15) is 24.9 Å². The monoisotopic (exact) mass is 276 g/mol. The summed E-state index contributed by atoms with van der Waals surface area (Å²) in [5.74, 6) is 1.14. The molecule has 1 aromatic carbocycles. The summed E-state index contributed by atoms with van der Waals surface area (Å²) in [6.07, 6.45) is -2.09. The van der Waals surface area contributed by atoms with Crippen molar-refractivity contribution in [3.05, 3.63) is 23.8 Å². The average molecular weight is 276 g/mol. The lowest BCUT2D eigenvalue weighted by Crippen LogP contribution is -2.15. The summed E-state index contributed by atoms with van der Waals surface area (Å²) in [6.45, 7) is 0.700. The summed E-state index contributed by atoms with van der Waals surface area (Å²) >= 11 is 1.87. The van der Waals surface area contributed by atoms with E-state index < -0.39 is 11.7 Å². The van der Waals surface area contributed by atoms with Gasteiger partial charge >= 0.3 is 6.18 Å². The fourth-order valence-corrected chi connectivity index (χ4v) is 3.15. The molecule has 1 unspecified atom stereocenters. The molecule has 0 amide bonds. The van der Waals surface area contributed by atoms with E-state index in [9.17, 15) is 13.2 Å². The first-order valence-corrected chi connectivity index (χ1v) is 6.84. The molecule has 0 aliphatic carbocycles. The van der Waals surface area contributed by atoms with E-state index in [2.05, 4.69) is 5.32 Å². The van der Waals surface area contributed by atoms with Gasteiger partial charge in [-0.3, -0.25) is 0 Å². The van der Waals surface area contributed by atoms with Crippen molar-refractivity contribution in [2.24, 2.45) is 0 Å². The topological polar surface area (TPSA) is 38.0 Å². The molecule has 6 heteroatoms. The maximum Gasteiger partial charge on any atom is 0.418 e. The van der Waals surface area contributed by atoms with E-state index in [1.54, 1.807) is 6.07 Å². The number of hydrogen-bond acceptors (Lipinski definition) is 3. The first kappa shape index (κ1) is 13.4. The molecule has 1 heterocycles. The van der Waals surface area contributed by atoms with E-state index in [4.69, 9.17) is 5.73 Å². The highest BCUT2D eigenvalue weighted by Crippen LogP contribution is 2.35. The Labute approximate surface area is 108 Å². The van der Waals surface area contributed by atoms with Gasteiger partial charge in [-0.15, -0.1) is 0 Å². The molecule has 1 saturated heterocycles. The van der Waals surface area contributed by atoms with Gasteiger partial charge in [0.15, 0.2) is 0 Å². The zero-order valence-electron chi connectivity index (χ0n) is 9.76. The molecule has 0 radical (unpaired) electrons. The minimum absolute atomic E-state index is 0.233. The third kappa shape index (κ3) is 3.25. The number of hydrogen-bond donors (Lipinski definition) is 2. The number of nitrogens with two attached hydrogens (primary N) is 1. The van der Waals surface area contributed by atoms with Gasteiger partial charge in [-0.25, -0.2) is 0 Å². The minimum atomic E-state index is -4.40. The number of benzene rings is 1. The third-order valence-electron chi connectivity index (χ3n) is 2.92. The van der Waals surface area contributed by atoms with Gasteiger partial charge in [0.25, 0.3) is 0 Å². The summed E-state index contributed by atoms with van der Waals surface area (Å²) < 4.78 is 38.0. The van der Waals surface area contributed by atoms with Crippen LogP contribution >= 0.6 is 11.8 Å². The second kappa shape index (κ2) is 5.30. The van der Waals surface area contributed by atoms with Crippen molar-refractivity contribution >= 4 is 23.1 Å². The van der Waals surface area contributed by atoms with Crippen molar-refractivity contribution in [1.29, 1.82) is 0 Å². The number of thioether (sulfide) groups is 1. The predicted octanol–water partition coefficient (Wildman–Crippen LogP) is 3.60. The van der Waals surface area contributed by atoms with Gasteiger partial charge in [0.2, 0.25) is 0 Å². The molecule has 0 spiro atoms. The Kier molecular flexibility index (Phi) is 3.94. The van der Waals surface area contributed by atoms with E-state index in [0.29, 0.717) is 17.5 Å². The molecular formula is C12H15F3N2S. The van der Waals surface area contributed by atoms with Crippen LogP contribution in [0.15, 0.2) is 18.2 Å². The van der Waals surface area contributed by atoms with Crippen LogP contribution in [0, 0.1) is 0 Å². The second-order valence-electron chi connectivity index (χ2n) is 4.32. The Hall–Kier alpha value is -1.04. The van der Waals surface area contributed by atoms with Crippen molar-refractivity contribution in [2.45, 2.75) is 24.3 Å². The standard InChI is InChI=1S/C12H15F3N2S/c13-12(14,15)10-6-8(3-4-11(10)16)17-7-9-2-1-5-18-9/h3-4,6,9,17H,1-2,5,7,16H2. The van der Waals surface area contributed by atoms with Crippen LogP contribution in [0.3, 0.4) is 0 Å². The smallest absolute Gasteiger partial charge is 0.398 e. The van der Waals surface area contributed by atoms with Crippen LogP contribution in [-0.2, 0) is 6.18 Å². The van der Waals surface area contributed by atoms with Crippen LogP contribution in [0.4, 0.5) is 24.5 Å². The molecule has 0 saturated carbocycles. The molecule has 18 heavy (non-hydrogen) atoms. The molecular weight excluding hydrogens is 261 g/mol. The zero-order chi connectivity index (χ0) is 13.2. The van der Waals surface area contributed by atoms with Crippen molar-refractivity contribution in [2.75, 3.05) is 23.3 Å². The Balaban J connectivity index is 2.04. The highest BCUT2D eigenvalue weighted by molar-refractivity contribution is 8.00. The van der Waals surface area contributed by atoms with Gasteiger partial charge in [0.1, 0.15) is 0 Å². The van der Waals surface area contributed by atoms with Crippen molar-refractivity contribution in [3.63, 3.8) is 0 Å². The molecule has 2 rings (SSSR count). The van der Waals surface area contributed by atoms with Crippen LogP contribution in [0.25, 0.3) is 0 Å². The van der Waals surface area contributed by atoms with Crippen molar-refractivity contribution in [3.8, 4) is 0 Å². The van der Waals surface area contributed by atoms with E-state index in [1.165, 1.54) is 12.5 Å². The van der Waals surface area contributed by atoms with Crippen LogP contribution in [0.2, 0.25) is 0 Å². The normalized spacial score (nSPS) is 20.1. The minimum Gasteiger partial charge on any atom is -0.398 e. The lowest BCUT2D eigenvalue weighted by atomic mass is 10.1. The van der Waals surface area contributed by atoms with E-state index in [-0.39, 0.29) is 5.69 Å². The Morgan fingerprint density at radius 1 is 1.39 bits per heavy atom. The molecule has 2 nitrogen and oxygen atoms in total. The summed E-state index contributed by atoms with van der Waals surface area (Å²) in [4.78, 5) is 0. The number of nitrogen functional groups attached to an aromatic ring is 1. The Bertz CT molecular complexity index is 414. The number of nitrogens with one attached hydrogen (secondary N) is 1. The number of anilines is 2. The lowest BCUT2D eigenvalue weighted by Gasteiger charge is -2.15. The van der Waals surface area contributed by atoms with E-state index in [1.807, 2.05) is 11.8 Å². The summed E-state index contributed by atoms with van der Waals surface area (Å²) in [5, 5.41) is 3.55. The van der Waals surface area contributed by atoms with Gasteiger partial charge < -0.3 is 11.1 Å². The van der Waals surface area contributed by atoms with Crippen LogP contribution in [-0.4, -0.2) is 17.5 Å². The summed E-state index contributed by atoms with van der Waals surface area (Å²) in [5.41, 5.74) is 4.81. The largest absolute Gasteiger partial charge is 0.418 e. The second-order valence-corrected chi connectivity index (χ2v) is 5.72. The predicted molar refractivity (Wildman–Crippen MR) is 69.8 cm³/mol. The van der Waals surface area contributed by atoms with Crippen molar-refractivity contribution < 1.29 is 13.2 Å². The fraction of sp³-hybridized carbons (Fsp3) is 0.500. The zero-order valence-corrected chi connectivity index (χ0v) is 10.6. The number of rotatable bonds is 3. The maximum atomic E-state index is 12.7. The lowest BCUT2D eigenvalue weighted by molar-refractivity contribution is -0.136. The fourth-order valence-electron chi connectivity index (χ4n) is 1.95. The Morgan fingerprint density at radius 2 is 2.17 bits per heavy atom.